The molecule has 1 aromatic carbocycles. The molecule has 0 saturated heterocycles. The first kappa shape index (κ1) is 25.9. The number of rotatable bonds is 8. The topological polar surface area (TPSA) is 29.1 Å². The van der Waals surface area contributed by atoms with E-state index < -0.39 is 0 Å². The van der Waals surface area contributed by atoms with Crippen LogP contribution < -0.4 is 5.32 Å². The highest BCUT2D eigenvalue weighted by Gasteiger charge is 2.10. The SMILES string of the molecule is C.CC(C)CCC(=O)NC(C)C(C)C.CC(C)CCc1ccccc1. The summed E-state index contributed by atoms with van der Waals surface area (Å²) in [5.74, 6) is 2.13. The minimum atomic E-state index is 0. The smallest absolute Gasteiger partial charge is 0.220 e. The number of carbonyl (C=O) groups is 1. The van der Waals surface area contributed by atoms with Crippen LogP contribution in [0.15, 0.2) is 30.3 Å². The Balaban J connectivity index is 0. The Kier molecular flexibility index (Phi) is 15.5. The van der Waals surface area contributed by atoms with E-state index in [9.17, 15) is 4.79 Å². The monoisotopic (exact) mass is 349 g/mol. The fourth-order valence-corrected chi connectivity index (χ4v) is 2.01. The highest BCUT2D eigenvalue weighted by atomic mass is 16.1. The summed E-state index contributed by atoms with van der Waals surface area (Å²) in [6, 6.07) is 11.0. The van der Waals surface area contributed by atoms with Crippen LogP contribution in [-0.4, -0.2) is 11.9 Å². The van der Waals surface area contributed by atoms with Gasteiger partial charge >= 0.3 is 0 Å². The molecular weight excluding hydrogens is 306 g/mol. The molecule has 1 atom stereocenters. The molecule has 0 bridgehead atoms. The lowest BCUT2D eigenvalue weighted by Gasteiger charge is -2.17. The molecule has 25 heavy (non-hydrogen) atoms. The Bertz CT molecular complexity index is 423. The second kappa shape index (κ2) is 15.0. The number of benzene rings is 1. The molecule has 0 aromatic heterocycles. The van der Waals surface area contributed by atoms with Crippen molar-refractivity contribution in [2.75, 3.05) is 0 Å². The summed E-state index contributed by atoms with van der Waals surface area (Å²) in [4.78, 5) is 11.4. The minimum Gasteiger partial charge on any atom is -0.353 e. The largest absolute Gasteiger partial charge is 0.353 e. The predicted octanol–water partition coefficient (Wildman–Crippen LogP) is 6.49. The van der Waals surface area contributed by atoms with Crippen molar-refractivity contribution >= 4 is 5.91 Å². The summed E-state index contributed by atoms with van der Waals surface area (Å²) >= 11 is 0. The van der Waals surface area contributed by atoms with Gasteiger partial charge in [-0.1, -0.05) is 79.3 Å². The van der Waals surface area contributed by atoms with Gasteiger partial charge in [-0.15, -0.1) is 0 Å². The Morgan fingerprint density at radius 2 is 1.40 bits per heavy atom. The van der Waals surface area contributed by atoms with Crippen molar-refractivity contribution < 1.29 is 4.79 Å². The molecule has 0 aliphatic carbocycles. The first-order valence-corrected chi connectivity index (χ1v) is 9.55. The van der Waals surface area contributed by atoms with Crippen LogP contribution in [0.4, 0.5) is 0 Å². The van der Waals surface area contributed by atoms with Crippen LogP contribution in [-0.2, 0) is 11.2 Å². The summed E-state index contributed by atoms with van der Waals surface area (Å²) in [6.07, 6.45) is 4.16. The molecular formula is C23H43NO. The predicted molar refractivity (Wildman–Crippen MR) is 113 cm³/mol. The lowest BCUT2D eigenvalue weighted by atomic mass is 10.0. The van der Waals surface area contributed by atoms with Crippen molar-refractivity contribution in [3.05, 3.63) is 35.9 Å². The van der Waals surface area contributed by atoms with Crippen LogP contribution in [0.25, 0.3) is 0 Å². The lowest BCUT2D eigenvalue weighted by Crippen LogP contribution is -2.36. The van der Waals surface area contributed by atoms with Crippen LogP contribution in [0.3, 0.4) is 0 Å². The summed E-state index contributed by atoms with van der Waals surface area (Å²) in [5.41, 5.74) is 1.46. The van der Waals surface area contributed by atoms with Gasteiger partial charge in [-0.25, -0.2) is 0 Å². The molecule has 0 aliphatic heterocycles. The third kappa shape index (κ3) is 15.9. The van der Waals surface area contributed by atoms with Gasteiger partial charge < -0.3 is 5.32 Å². The highest BCUT2D eigenvalue weighted by molar-refractivity contribution is 5.76. The molecule has 0 radical (unpaired) electrons. The normalized spacial score (nSPS) is 11.6. The van der Waals surface area contributed by atoms with Crippen molar-refractivity contribution in [3.8, 4) is 0 Å². The van der Waals surface area contributed by atoms with Crippen molar-refractivity contribution in [1.82, 2.24) is 5.32 Å². The Labute approximate surface area is 157 Å². The minimum absolute atomic E-state index is 0. The maximum absolute atomic E-state index is 11.4. The second-order valence-electron chi connectivity index (χ2n) is 7.95. The average molecular weight is 350 g/mol. The Morgan fingerprint density at radius 3 is 1.84 bits per heavy atom. The van der Waals surface area contributed by atoms with E-state index in [1.54, 1.807) is 0 Å². The van der Waals surface area contributed by atoms with Crippen LogP contribution in [0.5, 0.6) is 0 Å². The van der Waals surface area contributed by atoms with Gasteiger partial charge in [0.05, 0.1) is 0 Å². The zero-order valence-corrected chi connectivity index (χ0v) is 16.9. The molecule has 1 amide bonds. The number of amides is 1. The molecule has 0 spiro atoms. The quantitative estimate of drug-likeness (QED) is 0.570. The Morgan fingerprint density at radius 1 is 0.880 bits per heavy atom. The van der Waals surface area contributed by atoms with Gasteiger partial charge in [-0.05, 0) is 49.5 Å². The summed E-state index contributed by atoms with van der Waals surface area (Å²) in [7, 11) is 0. The fraction of sp³-hybridized carbons (Fsp3) is 0.696. The molecule has 2 nitrogen and oxygen atoms in total. The molecule has 0 saturated carbocycles. The van der Waals surface area contributed by atoms with Gasteiger partial charge in [0.15, 0.2) is 0 Å². The standard InChI is InChI=1S/C11H23NO.C11H16.CH4/c1-8(2)6-7-11(13)12-10(5)9(3)4;1-10(2)8-9-11-6-4-3-5-7-11;/h8-10H,6-7H2,1-5H3,(H,12,13);3-7,10H,8-9H2,1-2H3;1H4. The first-order chi connectivity index (χ1) is 11.2. The zero-order chi connectivity index (χ0) is 18.5. The lowest BCUT2D eigenvalue weighted by molar-refractivity contribution is -0.122. The van der Waals surface area contributed by atoms with Gasteiger partial charge in [0.2, 0.25) is 5.91 Å². The number of nitrogens with one attached hydrogen (secondary N) is 1. The summed E-state index contributed by atoms with van der Waals surface area (Å²) in [6.45, 7) is 15.1. The van der Waals surface area contributed by atoms with E-state index >= 15 is 0 Å². The third-order valence-electron chi connectivity index (χ3n) is 4.19. The third-order valence-corrected chi connectivity index (χ3v) is 4.19. The van der Waals surface area contributed by atoms with Crippen molar-refractivity contribution in [1.29, 1.82) is 0 Å². The van der Waals surface area contributed by atoms with Gasteiger partial charge in [0.25, 0.3) is 0 Å². The van der Waals surface area contributed by atoms with Crippen LogP contribution >= 0.6 is 0 Å². The molecule has 0 fully saturated rings. The fourth-order valence-electron chi connectivity index (χ4n) is 2.01. The summed E-state index contributed by atoms with van der Waals surface area (Å²) < 4.78 is 0. The number of aryl methyl sites for hydroxylation is 1. The highest BCUT2D eigenvalue weighted by Crippen LogP contribution is 2.08. The Hall–Kier alpha value is -1.31. The maximum atomic E-state index is 11.4. The van der Waals surface area contributed by atoms with Crippen LogP contribution in [0.2, 0.25) is 0 Å². The van der Waals surface area contributed by atoms with Gasteiger partial charge in [0, 0.05) is 12.5 Å². The van der Waals surface area contributed by atoms with Gasteiger partial charge in [0.1, 0.15) is 0 Å². The molecule has 1 aromatic rings. The zero-order valence-electron chi connectivity index (χ0n) is 16.9. The summed E-state index contributed by atoms with van der Waals surface area (Å²) in [5, 5.41) is 3.00. The first-order valence-electron chi connectivity index (χ1n) is 9.55. The molecule has 0 aliphatic rings. The van der Waals surface area contributed by atoms with Crippen LogP contribution in [0, 0.1) is 17.8 Å². The van der Waals surface area contributed by atoms with E-state index in [2.05, 4.69) is 84.1 Å². The van der Waals surface area contributed by atoms with Gasteiger partial charge in [-0.2, -0.15) is 0 Å². The van der Waals surface area contributed by atoms with E-state index in [1.807, 2.05) is 0 Å². The molecule has 1 rings (SSSR count). The molecule has 1 unspecified atom stereocenters. The van der Waals surface area contributed by atoms with Crippen LogP contribution in [0.1, 0.15) is 80.7 Å². The molecule has 0 heterocycles. The number of hydrogen-bond acceptors (Lipinski definition) is 1. The van der Waals surface area contributed by atoms with Crippen molar-refractivity contribution in [2.24, 2.45) is 17.8 Å². The van der Waals surface area contributed by atoms with E-state index in [-0.39, 0.29) is 13.3 Å². The number of hydrogen-bond donors (Lipinski definition) is 1. The van der Waals surface area contributed by atoms with Crippen molar-refractivity contribution in [2.45, 2.75) is 87.6 Å². The van der Waals surface area contributed by atoms with E-state index in [4.69, 9.17) is 0 Å². The van der Waals surface area contributed by atoms with Crippen molar-refractivity contribution in [3.63, 3.8) is 0 Å². The van der Waals surface area contributed by atoms with E-state index in [1.165, 1.54) is 18.4 Å². The van der Waals surface area contributed by atoms with Gasteiger partial charge in [-0.3, -0.25) is 4.79 Å². The molecule has 146 valence electrons. The van der Waals surface area contributed by atoms with E-state index in [0.717, 1.165) is 12.3 Å². The molecule has 1 N–H and O–H groups in total. The molecule has 2 heteroatoms. The average Bonchev–Trinajstić information content (AvgIpc) is 2.52. The number of carbonyl (C=O) groups excluding carboxylic acids is 1. The second-order valence-corrected chi connectivity index (χ2v) is 7.95. The van der Waals surface area contributed by atoms with E-state index in [0.29, 0.717) is 24.3 Å². The maximum Gasteiger partial charge on any atom is 0.220 e.